The van der Waals surface area contributed by atoms with E-state index in [0.29, 0.717) is 13.1 Å². The van der Waals surface area contributed by atoms with E-state index in [1.807, 2.05) is 6.92 Å². The number of halogens is 1. The van der Waals surface area contributed by atoms with E-state index in [9.17, 15) is 4.48 Å². The standard InChI is InChI=1S/C18H41FN4/c1-4-10-18(17-22-14-9-13-20-5-2)11-15-21-12-7-8-16-23(19)6-3/h18,20-22H,4-17H2,1-3H3. The van der Waals surface area contributed by atoms with Crippen molar-refractivity contribution in [3.63, 3.8) is 0 Å². The Morgan fingerprint density at radius 3 is 2.26 bits per heavy atom. The van der Waals surface area contributed by atoms with Crippen LogP contribution in [0.2, 0.25) is 0 Å². The van der Waals surface area contributed by atoms with Crippen LogP contribution in [0.15, 0.2) is 0 Å². The molecule has 0 bridgehead atoms. The fraction of sp³-hybridized carbons (Fsp3) is 1.00. The van der Waals surface area contributed by atoms with Gasteiger partial charge >= 0.3 is 0 Å². The smallest absolute Gasteiger partial charge is 0.0290 e. The summed E-state index contributed by atoms with van der Waals surface area (Å²) >= 11 is 0. The summed E-state index contributed by atoms with van der Waals surface area (Å²) in [6.45, 7) is 13.8. The highest BCUT2D eigenvalue weighted by atomic mass is 19.2. The van der Waals surface area contributed by atoms with Gasteiger partial charge in [-0.2, -0.15) is 0 Å². The monoisotopic (exact) mass is 332 g/mol. The maximum Gasteiger partial charge on any atom is 0.0290 e. The third-order valence-corrected chi connectivity index (χ3v) is 4.16. The predicted molar refractivity (Wildman–Crippen MR) is 99.5 cm³/mol. The Balaban J connectivity index is 3.48. The second kappa shape index (κ2) is 18.1. The van der Waals surface area contributed by atoms with E-state index in [4.69, 9.17) is 0 Å². The van der Waals surface area contributed by atoms with E-state index in [-0.39, 0.29) is 0 Å². The van der Waals surface area contributed by atoms with Crippen molar-refractivity contribution in [1.29, 1.82) is 0 Å². The van der Waals surface area contributed by atoms with Crippen molar-refractivity contribution in [2.45, 2.75) is 59.3 Å². The molecule has 0 amide bonds. The van der Waals surface area contributed by atoms with E-state index in [0.717, 1.165) is 63.2 Å². The fourth-order valence-electron chi connectivity index (χ4n) is 2.70. The Bertz CT molecular complexity index is 229. The number of nitrogens with one attached hydrogen (secondary N) is 3. The zero-order valence-electron chi connectivity index (χ0n) is 15.8. The molecule has 0 saturated carbocycles. The lowest BCUT2D eigenvalue weighted by Crippen LogP contribution is -2.29. The van der Waals surface area contributed by atoms with Crippen molar-refractivity contribution < 1.29 is 4.48 Å². The Morgan fingerprint density at radius 1 is 0.826 bits per heavy atom. The summed E-state index contributed by atoms with van der Waals surface area (Å²) < 4.78 is 12.9. The van der Waals surface area contributed by atoms with Crippen LogP contribution >= 0.6 is 0 Å². The fourth-order valence-corrected chi connectivity index (χ4v) is 2.70. The van der Waals surface area contributed by atoms with Crippen LogP contribution in [0.25, 0.3) is 0 Å². The molecule has 0 aromatic carbocycles. The molecule has 0 saturated heterocycles. The van der Waals surface area contributed by atoms with Gasteiger partial charge in [0.2, 0.25) is 0 Å². The number of hydrogen-bond donors (Lipinski definition) is 3. The van der Waals surface area contributed by atoms with Crippen LogP contribution in [0.4, 0.5) is 4.48 Å². The summed E-state index contributed by atoms with van der Waals surface area (Å²) in [4.78, 5) is 0. The quantitative estimate of drug-likeness (QED) is 0.267. The van der Waals surface area contributed by atoms with Crippen LogP contribution in [0.1, 0.15) is 59.3 Å². The molecule has 1 atom stereocenters. The molecule has 0 aromatic rings. The summed E-state index contributed by atoms with van der Waals surface area (Å²) in [6, 6.07) is 0. The van der Waals surface area contributed by atoms with Gasteiger partial charge in [-0.3, -0.25) is 0 Å². The maximum atomic E-state index is 12.9. The maximum absolute atomic E-state index is 12.9. The Morgan fingerprint density at radius 2 is 1.57 bits per heavy atom. The Labute approximate surface area is 143 Å². The largest absolute Gasteiger partial charge is 0.317 e. The van der Waals surface area contributed by atoms with Crippen LogP contribution in [0.3, 0.4) is 0 Å². The zero-order chi connectivity index (χ0) is 17.2. The normalized spacial score (nSPS) is 12.9. The van der Waals surface area contributed by atoms with E-state index in [1.165, 1.54) is 25.7 Å². The molecule has 1 unspecified atom stereocenters. The van der Waals surface area contributed by atoms with Crippen molar-refractivity contribution in [2.75, 3.05) is 52.4 Å². The van der Waals surface area contributed by atoms with Crippen molar-refractivity contribution in [2.24, 2.45) is 5.92 Å². The molecule has 23 heavy (non-hydrogen) atoms. The van der Waals surface area contributed by atoms with Gasteiger partial charge in [0, 0.05) is 13.1 Å². The molecular formula is C18H41FN4. The highest BCUT2D eigenvalue weighted by Crippen LogP contribution is 2.09. The summed E-state index contributed by atoms with van der Waals surface area (Å²) in [5.74, 6) is 0.771. The number of nitrogens with zero attached hydrogens (tertiary/aromatic N) is 1. The number of rotatable bonds is 18. The molecule has 0 aromatic heterocycles. The minimum atomic E-state index is 0.494. The first-order chi connectivity index (χ1) is 11.2. The van der Waals surface area contributed by atoms with E-state index < -0.39 is 0 Å². The first kappa shape index (κ1) is 22.8. The summed E-state index contributed by atoms with van der Waals surface area (Å²) in [7, 11) is 0. The first-order valence-electron chi connectivity index (χ1n) is 9.77. The predicted octanol–water partition coefficient (Wildman–Crippen LogP) is 2.96. The zero-order valence-corrected chi connectivity index (χ0v) is 15.8. The van der Waals surface area contributed by atoms with Crippen molar-refractivity contribution in [3.8, 4) is 0 Å². The third-order valence-electron chi connectivity index (χ3n) is 4.16. The lowest BCUT2D eigenvalue weighted by atomic mass is 9.99. The summed E-state index contributed by atoms with van der Waals surface area (Å²) in [5, 5.41) is 11.3. The summed E-state index contributed by atoms with van der Waals surface area (Å²) in [6.07, 6.45) is 6.99. The van der Waals surface area contributed by atoms with Crippen LogP contribution in [-0.2, 0) is 0 Å². The van der Waals surface area contributed by atoms with E-state index in [2.05, 4.69) is 29.8 Å². The highest BCUT2D eigenvalue weighted by Gasteiger charge is 2.07. The van der Waals surface area contributed by atoms with Gasteiger partial charge in [0.25, 0.3) is 0 Å². The summed E-state index contributed by atoms with van der Waals surface area (Å²) in [5.41, 5.74) is 0. The van der Waals surface area contributed by atoms with E-state index >= 15 is 0 Å². The second-order valence-electron chi connectivity index (χ2n) is 6.31. The molecule has 0 fully saturated rings. The minimum absolute atomic E-state index is 0.494. The Hall–Kier alpha value is -0.230. The molecule has 5 heteroatoms. The van der Waals surface area contributed by atoms with Gasteiger partial charge in [-0.15, -0.1) is 9.60 Å². The number of hydrogen-bond acceptors (Lipinski definition) is 4. The van der Waals surface area contributed by atoms with Crippen molar-refractivity contribution in [1.82, 2.24) is 21.1 Å². The average Bonchev–Trinajstić information content (AvgIpc) is 2.56. The molecule has 3 N–H and O–H groups in total. The molecule has 0 radical (unpaired) electrons. The van der Waals surface area contributed by atoms with Crippen LogP contribution in [-0.4, -0.2) is 57.5 Å². The third kappa shape index (κ3) is 16.4. The second-order valence-corrected chi connectivity index (χ2v) is 6.31. The van der Waals surface area contributed by atoms with Gasteiger partial charge < -0.3 is 16.0 Å². The van der Waals surface area contributed by atoms with Gasteiger partial charge in [-0.1, -0.05) is 20.3 Å². The molecule has 0 spiro atoms. The first-order valence-corrected chi connectivity index (χ1v) is 9.77. The topological polar surface area (TPSA) is 39.3 Å². The van der Waals surface area contributed by atoms with Crippen LogP contribution in [0.5, 0.6) is 0 Å². The van der Waals surface area contributed by atoms with Gasteiger partial charge in [-0.25, -0.2) is 0 Å². The van der Waals surface area contributed by atoms with Gasteiger partial charge in [0.1, 0.15) is 0 Å². The Kier molecular flexibility index (Phi) is 17.9. The molecule has 0 aliphatic heterocycles. The van der Waals surface area contributed by atoms with Crippen molar-refractivity contribution >= 4 is 0 Å². The lowest BCUT2D eigenvalue weighted by molar-refractivity contribution is 0.0303. The lowest BCUT2D eigenvalue weighted by Gasteiger charge is -2.17. The molecular weight excluding hydrogens is 291 g/mol. The van der Waals surface area contributed by atoms with Gasteiger partial charge in [-0.05, 0) is 84.2 Å². The molecule has 0 rings (SSSR count). The number of unbranched alkanes of at least 4 members (excludes halogenated alkanes) is 1. The average molecular weight is 333 g/mol. The van der Waals surface area contributed by atoms with Crippen molar-refractivity contribution in [3.05, 3.63) is 0 Å². The molecule has 4 nitrogen and oxygen atoms in total. The molecule has 140 valence electrons. The highest BCUT2D eigenvalue weighted by molar-refractivity contribution is 4.64. The minimum Gasteiger partial charge on any atom is -0.317 e. The molecule has 0 aliphatic rings. The molecule has 0 heterocycles. The van der Waals surface area contributed by atoms with Gasteiger partial charge in [0.15, 0.2) is 0 Å². The van der Waals surface area contributed by atoms with Crippen LogP contribution in [0, 0.1) is 5.92 Å². The van der Waals surface area contributed by atoms with E-state index in [1.54, 1.807) is 0 Å². The molecule has 0 aliphatic carbocycles. The van der Waals surface area contributed by atoms with Gasteiger partial charge in [0.05, 0.1) is 0 Å². The SMILES string of the molecule is CCCC(CCNCCCCN(F)CC)CNCCCNCC. The van der Waals surface area contributed by atoms with Crippen LogP contribution < -0.4 is 16.0 Å².